The molecule has 6 nitrogen and oxygen atoms in total. The van der Waals surface area contributed by atoms with Crippen LogP contribution in [-0.2, 0) is 9.53 Å². The van der Waals surface area contributed by atoms with Crippen molar-refractivity contribution in [2.75, 3.05) is 11.9 Å². The standard InChI is InChI=1S/C15H16N2O4/c1-2-21-15(18)14-11-6-3-5-9(11)10-7-4-8-12(17(19)20)13(10)16-14/h3-5,7-9,11,14,16H,2,6H2,1H3. The number of para-hydroxylation sites is 1. The Morgan fingerprint density at radius 2 is 2.33 bits per heavy atom. The molecule has 3 atom stereocenters. The van der Waals surface area contributed by atoms with Gasteiger partial charge in [-0.25, -0.2) is 4.79 Å². The molecule has 0 bridgehead atoms. The van der Waals surface area contributed by atoms with Crippen molar-refractivity contribution in [3.8, 4) is 0 Å². The first-order valence-electron chi connectivity index (χ1n) is 7.00. The topological polar surface area (TPSA) is 81.5 Å². The van der Waals surface area contributed by atoms with Crippen LogP contribution in [0.25, 0.3) is 0 Å². The number of hydrogen-bond acceptors (Lipinski definition) is 5. The van der Waals surface area contributed by atoms with E-state index < -0.39 is 11.0 Å². The number of nitrogens with one attached hydrogen (secondary N) is 1. The predicted molar refractivity (Wildman–Crippen MR) is 77.1 cm³/mol. The number of nitro benzene ring substituents is 1. The smallest absolute Gasteiger partial charge is 0.328 e. The van der Waals surface area contributed by atoms with Crippen molar-refractivity contribution in [3.05, 3.63) is 46.0 Å². The summed E-state index contributed by atoms with van der Waals surface area (Å²) in [5, 5.41) is 14.2. The van der Waals surface area contributed by atoms with Crippen LogP contribution in [0.2, 0.25) is 0 Å². The van der Waals surface area contributed by atoms with Gasteiger partial charge in [0.25, 0.3) is 5.69 Å². The average Bonchev–Trinajstić information content (AvgIpc) is 2.95. The summed E-state index contributed by atoms with van der Waals surface area (Å²) in [7, 11) is 0. The minimum Gasteiger partial charge on any atom is -0.464 e. The number of benzene rings is 1. The molecule has 110 valence electrons. The van der Waals surface area contributed by atoms with E-state index in [1.54, 1.807) is 13.0 Å². The van der Waals surface area contributed by atoms with Gasteiger partial charge in [-0.2, -0.15) is 0 Å². The van der Waals surface area contributed by atoms with Gasteiger partial charge in [-0.05, 0) is 18.9 Å². The molecular formula is C15H16N2O4. The van der Waals surface area contributed by atoms with Crippen LogP contribution < -0.4 is 5.32 Å². The van der Waals surface area contributed by atoms with Crippen molar-refractivity contribution < 1.29 is 14.5 Å². The molecule has 0 amide bonds. The number of hydrogen-bond donors (Lipinski definition) is 1. The number of ether oxygens (including phenoxy) is 1. The lowest BCUT2D eigenvalue weighted by molar-refractivity contribution is -0.384. The Labute approximate surface area is 121 Å². The molecule has 1 aliphatic heterocycles. The number of carbonyl (C=O) groups excluding carboxylic acids is 1. The van der Waals surface area contributed by atoms with Crippen molar-refractivity contribution in [3.63, 3.8) is 0 Å². The summed E-state index contributed by atoms with van der Waals surface area (Å²) in [6.45, 7) is 2.05. The highest BCUT2D eigenvalue weighted by Gasteiger charge is 2.43. The van der Waals surface area contributed by atoms with Gasteiger partial charge in [-0.3, -0.25) is 10.1 Å². The van der Waals surface area contributed by atoms with Crippen LogP contribution in [0, 0.1) is 16.0 Å². The fourth-order valence-electron chi connectivity index (χ4n) is 3.22. The summed E-state index contributed by atoms with van der Waals surface area (Å²) >= 11 is 0. The Balaban J connectivity index is 2.05. The van der Waals surface area contributed by atoms with Crippen molar-refractivity contribution in [2.45, 2.75) is 25.3 Å². The molecule has 1 aromatic rings. The van der Waals surface area contributed by atoms with Crippen LogP contribution >= 0.6 is 0 Å². The third kappa shape index (κ3) is 2.16. The van der Waals surface area contributed by atoms with Crippen LogP contribution in [0.5, 0.6) is 0 Å². The van der Waals surface area contributed by atoms with Crippen LogP contribution in [-0.4, -0.2) is 23.5 Å². The first-order valence-corrected chi connectivity index (χ1v) is 7.00. The second-order valence-corrected chi connectivity index (χ2v) is 5.23. The van der Waals surface area contributed by atoms with Gasteiger partial charge in [0.05, 0.1) is 11.5 Å². The zero-order chi connectivity index (χ0) is 15.0. The Morgan fingerprint density at radius 1 is 1.52 bits per heavy atom. The van der Waals surface area contributed by atoms with E-state index in [1.165, 1.54) is 6.07 Å². The maximum atomic E-state index is 12.1. The summed E-state index contributed by atoms with van der Waals surface area (Å²) in [4.78, 5) is 22.9. The van der Waals surface area contributed by atoms with Gasteiger partial charge < -0.3 is 10.1 Å². The number of carbonyl (C=O) groups is 1. The summed E-state index contributed by atoms with van der Waals surface area (Å²) in [5.74, 6) is -0.269. The quantitative estimate of drug-likeness (QED) is 0.400. The van der Waals surface area contributed by atoms with E-state index in [0.717, 1.165) is 12.0 Å². The first-order chi connectivity index (χ1) is 10.1. The number of allylic oxidation sites excluding steroid dienone is 2. The Hall–Kier alpha value is -2.37. The zero-order valence-electron chi connectivity index (χ0n) is 11.6. The third-order valence-electron chi connectivity index (χ3n) is 4.11. The molecule has 0 spiro atoms. The van der Waals surface area contributed by atoms with Gasteiger partial charge in [0.15, 0.2) is 0 Å². The Morgan fingerprint density at radius 3 is 3.05 bits per heavy atom. The van der Waals surface area contributed by atoms with E-state index in [2.05, 4.69) is 5.32 Å². The molecule has 0 fully saturated rings. The van der Waals surface area contributed by atoms with Crippen molar-refractivity contribution >= 4 is 17.3 Å². The molecular weight excluding hydrogens is 272 g/mol. The molecule has 1 N–H and O–H groups in total. The SMILES string of the molecule is CCOC(=O)C1Nc2c(cccc2[N+](=O)[O-])C2C=CCC12. The molecule has 1 heterocycles. The maximum absolute atomic E-state index is 12.1. The largest absolute Gasteiger partial charge is 0.464 e. The highest BCUT2D eigenvalue weighted by molar-refractivity contribution is 5.84. The molecule has 6 heteroatoms. The van der Waals surface area contributed by atoms with E-state index in [9.17, 15) is 14.9 Å². The Kier molecular flexibility index (Phi) is 3.37. The van der Waals surface area contributed by atoms with Gasteiger partial charge in [0, 0.05) is 17.9 Å². The zero-order valence-corrected chi connectivity index (χ0v) is 11.6. The molecule has 0 saturated heterocycles. The molecule has 0 saturated carbocycles. The van der Waals surface area contributed by atoms with Crippen LogP contribution in [0.3, 0.4) is 0 Å². The lowest BCUT2D eigenvalue weighted by Gasteiger charge is -2.35. The molecule has 3 unspecified atom stereocenters. The molecule has 0 radical (unpaired) electrons. The van der Waals surface area contributed by atoms with Crippen molar-refractivity contribution in [1.29, 1.82) is 0 Å². The number of anilines is 1. The lowest BCUT2D eigenvalue weighted by Crippen LogP contribution is -2.43. The van der Waals surface area contributed by atoms with Gasteiger partial charge >= 0.3 is 5.97 Å². The van der Waals surface area contributed by atoms with Crippen molar-refractivity contribution in [2.24, 2.45) is 5.92 Å². The van der Waals surface area contributed by atoms with E-state index in [4.69, 9.17) is 4.74 Å². The summed E-state index contributed by atoms with van der Waals surface area (Å²) in [5.41, 5.74) is 1.32. The second-order valence-electron chi connectivity index (χ2n) is 5.23. The third-order valence-corrected chi connectivity index (χ3v) is 4.11. The summed E-state index contributed by atoms with van der Waals surface area (Å²) in [6.07, 6.45) is 4.82. The summed E-state index contributed by atoms with van der Waals surface area (Å²) < 4.78 is 5.11. The molecule has 0 aromatic heterocycles. The number of rotatable bonds is 3. The van der Waals surface area contributed by atoms with Gasteiger partial charge in [0.2, 0.25) is 0 Å². The lowest BCUT2D eigenvalue weighted by atomic mass is 9.79. The van der Waals surface area contributed by atoms with Gasteiger partial charge in [-0.1, -0.05) is 24.3 Å². The second kappa shape index (κ2) is 5.20. The Bertz CT molecular complexity index is 626. The van der Waals surface area contributed by atoms with Gasteiger partial charge in [0.1, 0.15) is 11.7 Å². The molecule has 3 rings (SSSR count). The first kappa shape index (κ1) is 13.6. The minimum atomic E-state index is -0.543. The highest BCUT2D eigenvalue weighted by Crippen LogP contribution is 2.47. The molecule has 1 aliphatic carbocycles. The normalized spacial score (nSPS) is 25.7. The van der Waals surface area contributed by atoms with E-state index in [1.807, 2.05) is 18.2 Å². The van der Waals surface area contributed by atoms with Crippen LogP contribution in [0.15, 0.2) is 30.4 Å². The van der Waals surface area contributed by atoms with Crippen LogP contribution in [0.1, 0.15) is 24.8 Å². The number of nitro groups is 1. The highest BCUT2D eigenvalue weighted by atomic mass is 16.6. The minimum absolute atomic E-state index is 0.000508. The van der Waals surface area contributed by atoms with Crippen LogP contribution in [0.4, 0.5) is 11.4 Å². The molecule has 2 aliphatic rings. The van der Waals surface area contributed by atoms with E-state index >= 15 is 0 Å². The molecule has 21 heavy (non-hydrogen) atoms. The fraction of sp³-hybridized carbons (Fsp3) is 0.400. The van der Waals surface area contributed by atoms with E-state index in [0.29, 0.717) is 12.3 Å². The maximum Gasteiger partial charge on any atom is 0.328 e. The number of fused-ring (bicyclic) bond motifs is 3. The average molecular weight is 288 g/mol. The molecule has 1 aromatic carbocycles. The van der Waals surface area contributed by atoms with Gasteiger partial charge in [-0.15, -0.1) is 0 Å². The summed E-state index contributed by atoms with van der Waals surface area (Å²) in [6, 6.07) is 4.47. The monoisotopic (exact) mass is 288 g/mol. The number of nitrogens with zero attached hydrogens (tertiary/aromatic N) is 1. The van der Waals surface area contributed by atoms with E-state index in [-0.39, 0.29) is 23.5 Å². The predicted octanol–water partition coefficient (Wildman–Crippen LogP) is 2.61. The number of esters is 1. The fourth-order valence-corrected chi connectivity index (χ4v) is 3.22. The van der Waals surface area contributed by atoms with Crippen molar-refractivity contribution in [1.82, 2.24) is 0 Å².